The molecule has 1 N–H and O–H groups in total. The summed E-state index contributed by atoms with van der Waals surface area (Å²) in [5, 5.41) is 10.7. The van der Waals surface area contributed by atoms with Gasteiger partial charge in [0.25, 0.3) is 0 Å². The third-order valence-electron chi connectivity index (χ3n) is 5.97. The van der Waals surface area contributed by atoms with Crippen LogP contribution in [0.5, 0.6) is 5.75 Å². The fraction of sp³-hybridized carbons (Fsp3) is 0.579. The van der Waals surface area contributed by atoms with Crippen LogP contribution < -0.4 is 0 Å². The van der Waals surface area contributed by atoms with E-state index in [-0.39, 0.29) is 5.75 Å². The molecule has 4 bridgehead atoms. The summed E-state index contributed by atoms with van der Waals surface area (Å²) in [6, 6.07) is 3.47. The van der Waals surface area contributed by atoms with Crippen molar-refractivity contribution < 1.29 is 9.84 Å². The van der Waals surface area contributed by atoms with Gasteiger partial charge in [0.1, 0.15) is 11.5 Å². The number of phenols is 1. The number of aromatic hydroxyl groups is 1. The van der Waals surface area contributed by atoms with Crippen molar-refractivity contribution in [1.29, 1.82) is 0 Å². The van der Waals surface area contributed by atoms with E-state index in [1.165, 1.54) is 37.7 Å². The minimum Gasteiger partial charge on any atom is -0.508 e. The van der Waals surface area contributed by atoms with Gasteiger partial charge in [-0.25, -0.2) is 0 Å². The van der Waals surface area contributed by atoms with Gasteiger partial charge in [-0.05, 0) is 86.0 Å². The molecule has 0 atom stereocenters. The average molecular weight is 319 g/mol. The first-order chi connectivity index (χ1) is 10.6. The molecule has 0 unspecified atom stereocenters. The number of ether oxygens (including phenoxy) is 1. The monoisotopic (exact) mass is 318 g/mol. The second-order valence-corrected chi connectivity index (χ2v) is 7.80. The van der Waals surface area contributed by atoms with E-state index in [0.717, 1.165) is 28.7 Å². The van der Waals surface area contributed by atoms with E-state index in [4.69, 9.17) is 16.3 Å². The lowest BCUT2D eigenvalue weighted by atomic mass is 9.54. The first kappa shape index (κ1) is 14.4. The molecule has 0 amide bonds. The maximum Gasteiger partial charge on any atom is 0.127 e. The molecule has 0 spiro atoms. The number of methoxy groups -OCH3 is 1. The van der Waals surface area contributed by atoms with E-state index in [2.05, 4.69) is 0 Å². The third-order valence-corrected chi connectivity index (χ3v) is 6.47. The highest BCUT2D eigenvalue weighted by molar-refractivity contribution is 6.33. The molecule has 22 heavy (non-hydrogen) atoms. The Bertz CT molecular complexity index is 617. The number of aryl methyl sites for hydroxylation is 1. The van der Waals surface area contributed by atoms with Crippen LogP contribution in [0.2, 0.25) is 5.02 Å². The van der Waals surface area contributed by atoms with Crippen LogP contribution in [-0.4, -0.2) is 12.2 Å². The number of rotatable bonds is 2. The highest BCUT2D eigenvalue weighted by Crippen LogP contribution is 2.58. The minimum absolute atomic E-state index is 0.260. The van der Waals surface area contributed by atoms with Gasteiger partial charge in [0.15, 0.2) is 0 Å². The maximum absolute atomic E-state index is 9.98. The average Bonchev–Trinajstić information content (AvgIpc) is 2.46. The Morgan fingerprint density at radius 2 is 1.68 bits per heavy atom. The molecule has 5 rings (SSSR count). The number of allylic oxidation sites excluding steroid dienone is 1. The summed E-state index contributed by atoms with van der Waals surface area (Å²) in [6.07, 6.45) is 6.68. The van der Waals surface area contributed by atoms with Crippen molar-refractivity contribution in [1.82, 2.24) is 0 Å². The Balaban J connectivity index is 1.85. The zero-order valence-corrected chi connectivity index (χ0v) is 14.0. The van der Waals surface area contributed by atoms with Crippen LogP contribution in [0.3, 0.4) is 0 Å². The molecule has 4 aliphatic rings. The molecular weight excluding hydrogens is 296 g/mol. The van der Waals surface area contributed by atoms with E-state index in [9.17, 15) is 5.11 Å². The van der Waals surface area contributed by atoms with E-state index in [1.54, 1.807) is 19.2 Å². The van der Waals surface area contributed by atoms with E-state index >= 15 is 0 Å². The van der Waals surface area contributed by atoms with Gasteiger partial charge in [-0.3, -0.25) is 0 Å². The standard InChI is InChI=1S/C19H23ClO2/c1-10-3-15(21)9-16(18(10)20)19(22-2)17-13-5-11-4-12(7-13)8-14(17)6-11/h3,9,11-14,21H,4-8H2,1-2H3. The van der Waals surface area contributed by atoms with Gasteiger partial charge < -0.3 is 9.84 Å². The Morgan fingerprint density at radius 1 is 1.09 bits per heavy atom. The number of hydrogen-bond donors (Lipinski definition) is 1. The van der Waals surface area contributed by atoms with E-state index in [0.29, 0.717) is 16.9 Å². The highest BCUT2D eigenvalue weighted by Gasteiger charge is 2.46. The molecule has 2 nitrogen and oxygen atoms in total. The highest BCUT2D eigenvalue weighted by atomic mass is 35.5. The summed E-state index contributed by atoms with van der Waals surface area (Å²) in [5.41, 5.74) is 3.24. The third kappa shape index (κ3) is 2.15. The van der Waals surface area contributed by atoms with Crippen LogP contribution in [-0.2, 0) is 4.74 Å². The summed E-state index contributed by atoms with van der Waals surface area (Å²) < 4.78 is 5.84. The Hall–Kier alpha value is -1.15. The quantitative estimate of drug-likeness (QED) is 0.762. The lowest BCUT2D eigenvalue weighted by Gasteiger charge is -2.51. The first-order valence-electron chi connectivity index (χ1n) is 8.34. The Morgan fingerprint density at radius 3 is 2.23 bits per heavy atom. The fourth-order valence-corrected chi connectivity index (χ4v) is 5.56. The predicted molar refractivity (Wildman–Crippen MR) is 88.8 cm³/mol. The van der Waals surface area contributed by atoms with Crippen LogP contribution >= 0.6 is 11.6 Å². The summed E-state index contributed by atoms with van der Waals surface area (Å²) in [7, 11) is 1.74. The molecule has 118 valence electrons. The van der Waals surface area contributed by atoms with Gasteiger partial charge >= 0.3 is 0 Å². The zero-order chi connectivity index (χ0) is 15.4. The van der Waals surface area contributed by atoms with Crippen LogP contribution in [0.1, 0.15) is 43.2 Å². The molecule has 0 aliphatic heterocycles. The minimum atomic E-state index is 0.260. The molecule has 0 radical (unpaired) electrons. The number of hydrogen-bond acceptors (Lipinski definition) is 2. The molecule has 3 heteroatoms. The van der Waals surface area contributed by atoms with Gasteiger partial charge in [0.05, 0.1) is 12.1 Å². The number of halogens is 1. The van der Waals surface area contributed by atoms with Gasteiger partial charge in [-0.1, -0.05) is 11.6 Å². The van der Waals surface area contributed by atoms with Crippen molar-refractivity contribution >= 4 is 17.4 Å². The van der Waals surface area contributed by atoms with Gasteiger partial charge in [-0.15, -0.1) is 0 Å². The van der Waals surface area contributed by atoms with Crippen LogP contribution in [0, 0.1) is 30.6 Å². The second-order valence-electron chi connectivity index (χ2n) is 7.42. The molecule has 0 heterocycles. The predicted octanol–water partition coefficient (Wildman–Crippen LogP) is 5.17. The second kappa shape index (κ2) is 5.19. The molecule has 0 saturated heterocycles. The lowest BCUT2D eigenvalue weighted by Crippen LogP contribution is -2.40. The van der Waals surface area contributed by atoms with Crippen molar-refractivity contribution in [2.75, 3.05) is 7.11 Å². The largest absolute Gasteiger partial charge is 0.508 e. The lowest BCUT2D eigenvalue weighted by molar-refractivity contribution is 0.0675. The summed E-state index contributed by atoms with van der Waals surface area (Å²) in [4.78, 5) is 0. The van der Waals surface area contributed by atoms with Crippen LogP contribution in [0.15, 0.2) is 17.7 Å². The van der Waals surface area contributed by atoms with Crippen molar-refractivity contribution in [2.24, 2.45) is 23.7 Å². The molecule has 4 aliphatic carbocycles. The molecule has 0 aromatic heterocycles. The summed E-state index contributed by atoms with van der Waals surface area (Å²) >= 11 is 6.53. The van der Waals surface area contributed by atoms with Gasteiger partial charge in [0, 0.05) is 5.56 Å². The van der Waals surface area contributed by atoms with E-state index < -0.39 is 0 Å². The van der Waals surface area contributed by atoms with Crippen molar-refractivity contribution in [2.45, 2.75) is 39.0 Å². The van der Waals surface area contributed by atoms with Crippen LogP contribution in [0.25, 0.3) is 5.76 Å². The summed E-state index contributed by atoms with van der Waals surface area (Å²) in [5.74, 6) is 4.35. The van der Waals surface area contributed by atoms with Crippen molar-refractivity contribution in [3.05, 3.63) is 33.9 Å². The smallest absolute Gasteiger partial charge is 0.127 e. The van der Waals surface area contributed by atoms with Gasteiger partial charge in [0.2, 0.25) is 0 Å². The zero-order valence-electron chi connectivity index (χ0n) is 13.2. The maximum atomic E-state index is 9.98. The SMILES string of the molecule is COC(=C1C2CC3CC(C2)CC1C3)c1cc(O)cc(C)c1Cl. The topological polar surface area (TPSA) is 29.5 Å². The van der Waals surface area contributed by atoms with Gasteiger partial charge in [-0.2, -0.15) is 0 Å². The van der Waals surface area contributed by atoms with E-state index in [1.807, 2.05) is 6.92 Å². The Labute approximate surface area is 137 Å². The summed E-state index contributed by atoms with van der Waals surface area (Å²) in [6.45, 7) is 1.93. The molecule has 4 fully saturated rings. The Kier molecular flexibility index (Phi) is 3.41. The molecule has 1 aromatic carbocycles. The number of benzene rings is 1. The molecule has 4 saturated carbocycles. The first-order valence-corrected chi connectivity index (χ1v) is 8.72. The molecular formula is C19H23ClO2. The molecule has 1 aromatic rings. The van der Waals surface area contributed by atoms with Crippen LogP contribution in [0.4, 0.5) is 0 Å². The van der Waals surface area contributed by atoms with Crippen molar-refractivity contribution in [3.8, 4) is 5.75 Å². The normalized spacial score (nSPS) is 32.4. The number of phenolic OH excluding ortho intramolecular Hbond substituents is 1. The van der Waals surface area contributed by atoms with Crippen molar-refractivity contribution in [3.63, 3.8) is 0 Å². The fourth-order valence-electron chi connectivity index (χ4n) is 5.36.